The van der Waals surface area contributed by atoms with E-state index in [1.807, 2.05) is 0 Å². The molecule has 0 aromatic carbocycles. The molecule has 0 radical (unpaired) electrons. The molecule has 106 valence electrons. The summed E-state index contributed by atoms with van der Waals surface area (Å²) in [6.07, 6.45) is -5.60. The second-order valence-corrected chi connectivity index (χ2v) is 3.35. The standard InChI is InChI=1S/C10H9F4NO4/c1-18-7-2-5(3-8(16)17)6(4-11)15-9(7)19-10(12,13)14/h2H,3-4H2,1H3,(H,16,17). The minimum atomic E-state index is -5.01. The Balaban J connectivity index is 3.22. The molecule has 1 aromatic heterocycles. The number of aromatic nitrogens is 1. The Bertz CT molecular complexity index is 475. The van der Waals surface area contributed by atoms with Gasteiger partial charge < -0.3 is 14.6 Å². The summed E-state index contributed by atoms with van der Waals surface area (Å²) < 4.78 is 57.1. The SMILES string of the molecule is COc1cc(CC(=O)O)c(CF)nc1OC(F)(F)F. The largest absolute Gasteiger partial charge is 0.574 e. The van der Waals surface area contributed by atoms with Gasteiger partial charge in [0.25, 0.3) is 5.88 Å². The van der Waals surface area contributed by atoms with Gasteiger partial charge in [0.1, 0.15) is 6.67 Å². The van der Waals surface area contributed by atoms with Crippen LogP contribution in [0.25, 0.3) is 0 Å². The van der Waals surface area contributed by atoms with Crippen molar-refractivity contribution < 1.29 is 36.9 Å². The maximum atomic E-state index is 12.7. The van der Waals surface area contributed by atoms with Crippen molar-refractivity contribution in [2.24, 2.45) is 0 Å². The van der Waals surface area contributed by atoms with Gasteiger partial charge in [-0.3, -0.25) is 4.79 Å². The fraction of sp³-hybridized carbons (Fsp3) is 0.400. The summed E-state index contributed by atoms with van der Waals surface area (Å²) in [5.74, 6) is -2.66. The molecule has 0 amide bonds. The van der Waals surface area contributed by atoms with Crippen molar-refractivity contribution in [1.82, 2.24) is 4.98 Å². The van der Waals surface area contributed by atoms with Crippen LogP contribution in [0.15, 0.2) is 6.07 Å². The van der Waals surface area contributed by atoms with E-state index in [0.717, 1.165) is 13.2 Å². The Morgan fingerprint density at radius 1 is 1.47 bits per heavy atom. The lowest BCUT2D eigenvalue weighted by atomic mass is 10.1. The molecule has 0 aliphatic heterocycles. The normalized spacial score (nSPS) is 11.2. The summed E-state index contributed by atoms with van der Waals surface area (Å²) in [4.78, 5) is 13.8. The minimum Gasteiger partial charge on any atom is -0.491 e. The minimum absolute atomic E-state index is 0.0821. The molecule has 5 nitrogen and oxygen atoms in total. The molecule has 0 spiro atoms. The highest BCUT2D eigenvalue weighted by Gasteiger charge is 2.34. The molecule has 0 saturated carbocycles. The lowest BCUT2D eigenvalue weighted by molar-refractivity contribution is -0.276. The second kappa shape index (κ2) is 5.72. The number of methoxy groups -OCH3 is 1. The van der Waals surface area contributed by atoms with Gasteiger partial charge in [-0.25, -0.2) is 9.37 Å². The molecule has 19 heavy (non-hydrogen) atoms. The first-order valence-corrected chi connectivity index (χ1v) is 4.87. The number of carboxylic acid groups (broad SMARTS) is 1. The summed E-state index contributed by atoms with van der Waals surface area (Å²) in [6.45, 7) is -1.22. The predicted octanol–water partition coefficient (Wildman–Crippen LogP) is 2.09. The van der Waals surface area contributed by atoms with Crippen LogP contribution in [0, 0.1) is 0 Å². The van der Waals surface area contributed by atoms with Crippen molar-refractivity contribution >= 4 is 5.97 Å². The number of hydrogen-bond acceptors (Lipinski definition) is 4. The first-order chi connectivity index (χ1) is 8.76. The molecule has 0 aliphatic carbocycles. The highest BCUT2D eigenvalue weighted by atomic mass is 19.4. The van der Waals surface area contributed by atoms with Crippen LogP contribution in [0.4, 0.5) is 17.6 Å². The van der Waals surface area contributed by atoms with Crippen LogP contribution in [0.1, 0.15) is 11.3 Å². The van der Waals surface area contributed by atoms with E-state index in [4.69, 9.17) is 5.11 Å². The van der Waals surface area contributed by atoms with E-state index < -0.39 is 42.8 Å². The van der Waals surface area contributed by atoms with Crippen LogP contribution in [0.5, 0.6) is 11.6 Å². The van der Waals surface area contributed by atoms with Crippen molar-refractivity contribution in [3.8, 4) is 11.6 Å². The lowest BCUT2D eigenvalue weighted by Crippen LogP contribution is -2.19. The Hall–Kier alpha value is -2.06. The molecule has 0 saturated heterocycles. The van der Waals surface area contributed by atoms with Crippen molar-refractivity contribution in [1.29, 1.82) is 0 Å². The van der Waals surface area contributed by atoms with E-state index in [1.165, 1.54) is 0 Å². The van der Waals surface area contributed by atoms with E-state index in [9.17, 15) is 22.4 Å². The summed E-state index contributed by atoms with van der Waals surface area (Å²) in [6, 6.07) is 0.955. The smallest absolute Gasteiger partial charge is 0.491 e. The van der Waals surface area contributed by atoms with Gasteiger partial charge in [-0.1, -0.05) is 0 Å². The van der Waals surface area contributed by atoms with E-state index in [1.54, 1.807) is 0 Å². The summed E-state index contributed by atoms with van der Waals surface area (Å²) >= 11 is 0. The Labute approximate surface area is 104 Å². The van der Waals surface area contributed by atoms with Crippen LogP contribution in [0.3, 0.4) is 0 Å². The maximum absolute atomic E-state index is 12.7. The predicted molar refractivity (Wildman–Crippen MR) is 53.6 cm³/mol. The van der Waals surface area contributed by atoms with Gasteiger partial charge in [0, 0.05) is 0 Å². The number of carboxylic acids is 1. The fourth-order valence-corrected chi connectivity index (χ4v) is 1.31. The molecule has 1 N–H and O–H groups in total. The molecule has 0 aliphatic rings. The van der Waals surface area contributed by atoms with Crippen molar-refractivity contribution in [3.05, 3.63) is 17.3 Å². The highest BCUT2D eigenvalue weighted by Crippen LogP contribution is 2.32. The molecule has 0 unspecified atom stereocenters. The Morgan fingerprint density at radius 2 is 2.11 bits per heavy atom. The highest BCUT2D eigenvalue weighted by molar-refractivity contribution is 5.71. The summed E-state index contributed by atoms with van der Waals surface area (Å²) in [7, 11) is 1.06. The second-order valence-electron chi connectivity index (χ2n) is 3.35. The van der Waals surface area contributed by atoms with E-state index in [2.05, 4.69) is 14.5 Å². The zero-order valence-corrected chi connectivity index (χ0v) is 9.62. The number of rotatable bonds is 5. The first kappa shape index (κ1) is 15.0. The molecule has 0 atom stereocenters. The Morgan fingerprint density at radius 3 is 2.53 bits per heavy atom. The van der Waals surface area contributed by atoms with Crippen LogP contribution < -0.4 is 9.47 Å². The van der Waals surface area contributed by atoms with Crippen LogP contribution in [-0.2, 0) is 17.9 Å². The van der Waals surface area contributed by atoms with Gasteiger partial charge in [-0.2, -0.15) is 0 Å². The summed E-state index contributed by atoms with van der Waals surface area (Å²) in [5, 5.41) is 8.60. The number of ether oxygens (including phenoxy) is 2. The third kappa shape index (κ3) is 4.27. The van der Waals surface area contributed by atoms with E-state index >= 15 is 0 Å². The quantitative estimate of drug-likeness (QED) is 0.838. The van der Waals surface area contributed by atoms with E-state index in [-0.39, 0.29) is 5.56 Å². The fourth-order valence-electron chi connectivity index (χ4n) is 1.31. The number of pyridine rings is 1. The number of nitrogens with zero attached hydrogens (tertiary/aromatic N) is 1. The van der Waals surface area contributed by atoms with Gasteiger partial charge in [0.05, 0.1) is 19.2 Å². The van der Waals surface area contributed by atoms with Gasteiger partial charge in [-0.15, -0.1) is 13.2 Å². The number of carbonyl (C=O) groups is 1. The zero-order chi connectivity index (χ0) is 14.6. The van der Waals surface area contributed by atoms with Gasteiger partial charge in [0.15, 0.2) is 5.75 Å². The first-order valence-electron chi connectivity index (χ1n) is 4.87. The van der Waals surface area contributed by atoms with Crippen LogP contribution in [-0.4, -0.2) is 29.5 Å². The van der Waals surface area contributed by atoms with Gasteiger partial charge in [0.2, 0.25) is 0 Å². The molecule has 9 heteroatoms. The van der Waals surface area contributed by atoms with Crippen LogP contribution >= 0.6 is 0 Å². The number of alkyl halides is 4. The number of hydrogen-bond donors (Lipinski definition) is 1. The molecule has 1 rings (SSSR count). The van der Waals surface area contributed by atoms with Gasteiger partial charge in [-0.05, 0) is 11.6 Å². The van der Waals surface area contributed by atoms with Gasteiger partial charge >= 0.3 is 12.3 Å². The molecular formula is C10H9F4NO4. The average molecular weight is 283 g/mol. The average Bonchev–Trinajstić information content (AvgIpc) is 2.27. The topological polar surface area (TPSA) is 68.7 Å². The van der Waals surface area contributed by atoms with Crippen LogP contribution in [0.2, 0.25) is 0 Å². The number of aliphatic carboxylic acids is 1. The monoisotopic (exact) mass is 283 g/mol. The third-order valence-corrected chi connectivity index (χ3v) is 2.02. The van der Waals surface area contributed by atoms with Crippen molar-refractivity contribution in [2.75, 3.05) is 7.11 Å². The molecule has 0 bridgehead atoms. The van der Waals surface area contributed by atoms with Crippen molar-refractivity contribution in [2.45, 2.75) is 19.5 Å². The Kier molecular flexibility index (Phi) is 4.52. The zero-order valence-electron chi connectivity index (χ0n) is 9.62. The summed E-state index contributed by atoms with van der Waals surface area (Å²) in [5.41, 5.74) is -0.524. The number of halogens is 4. The maximum Gasteiger partial charge on any atom is 0.574 e. The molecule has 1 heterocycles. The molecule has 1 aromatic rings. The van der Waals surface area contributed by atoms with Crippen molar-refractivity contribution in [3.63, 3.8) is 0 Å². The molecular weight excluding hydrogens is 274 g/mol. The van der Waals surface area contributed by atoms with E-state index in [0.29, 0.717) is 0 Å². The third-order valence-electron chi connectivity index (χ3n) is 2.02. The lowest BCUT2D eigenvalue weighted by Gasteiger charge is -2.14. The molecule has 0 fully saturated rings.